The fourth-order valence-electron chi connectivity index (χ4n) is 0.740. The molecule has 1 aromatic rings. The summed E-state index contributed by atoms with van der Waals surface area (Å²) in [6, 6.07) is 2.70. The highest BCUT2D eigenvalue weighted by atomic mass is 19.1. The second-order valence-electron chi connectivity index (χ2n) is 2.42. The summed E-state index contributed by atoms with van der Waals surface area (Å²) < 4.78 is 16.7. The number of carbonyl (C=O) groups excluding carboxylic acids is 1. The molecule has 0 unspecified atom stereocenters. The molecule has 1 heterocycles. The van der Waals surface area contributed by atoms with Crippen LogP contribution in [0.4, 0.5) is 4.39 Å². The van der Waals surface area contributed by atoms with Crippen molar-refractivity contribution in [1.29, 1.82) is 0 Å². The molecule has 72 valence electrons. The Morgan fingerprint density at radius 1 is 1.64 bits per heavy atom. The Morgan fingerprint density at radius 2 is 2.43 bits per heavy atom. The van der Waals surface area contributed by atoms with Crippen molar-refractivity contribution in [2.24, 2.45) is 0 Å². The van der Waals surface area contributed by atoms with Crippen LogP contribution in [0.1, 0.15) is 12.0 Å². The highest BCUT2D eigenvalue weighted by Gasteiger charge is 1.94. The Labute approximate surface area is 80.9 Å². The summed E-state index contributed by atoms with van der Waals surface area (Å²) in [7, 11) is 1.30. The molecule has 0 saturated carbocycles. The number of esters is 1. The van der Waals surface area contributed by atoms with Gasteiger partial charge in [-0.25, -0.2) is 4.98 Å². The maximum Gasteiger partial charge on any atom is 0.317 e. The molecule has 0 atom stereocenters. The zero-order valence-corrected chi connectivity index (χ0v) is 7.58. The van der Waals surface area contributed by atoms with Crippen LogP contribution in [0.2, 0.25) is 0 Å². The monoisotopic (exact) mass is 193 g/mol. The largest absolute Gasteiger partial charge is 0.468 e. The van der Waals surface area contributed by atoms with Crippen LogP contribution in [0.15, 0.2) is 18.3 Å². The number of aromatic nitrogens is 1. The van der Waals surface area contributed by atoms with Crippen molar-refractivity contribution in [1.82, 2.24) is 4.98 Å². The van der Waals surface area contributed by atoms with Crippen molar-refractivity contribution < 1.29 is 13.9 Å². The number of ether oxygens (including phenoxy) is 1. The Balaban J connectivity index is 2.59. The third-order valence-electron chi connectivity index (χ3n) is 1.42. The Kier molecular flexibility index (Phi) is 3.62. The SMILES string of the molecule is COC(=O)CC#Cc1ccc(F)nc1. The first kappa shape index (κ1) is 10.2. The molecule has 0 bridgehead atoms. The van der Waals surface area contributed by atoms with Crippen LogP contribution < -0.4 is 0 Å². The summed E-state index contributed by atoms with van der Waals surface area (Å²) in [5.74, 6) is 4.29. The summed E-state index contributed by atoms with van der Waals surface area (Å²) in [4.78, 5) is 14.1. The van der Waals surface area contributed by atoms with Crippen LogP contribution in [-0.4, -0.2) is 18.1 Å². The minimum absolute atomic E-state index is 0.0217. The van der Waals surface area contributed by atoms with Crippen LogP contribution in [-0.2, 0) is 9.53 Å². The highest BCUT2D eigenvalue weighted by Crippen LogP contribution is 1.96. The van der Waals surface area contributed by atoms with E-state index in [1.54, 1.807) is 0 Å². The van der Waals surface area contributed by atoms with Gasteiger partial charge in [-0.2, -0.15) is 4.39 Å². The second kappa shape index (κ2) is 4.97. The van der Waals surface area contributed by atoms with Gasteiger partial charge in [0.15, 0.2) is 0 Å². The van der Waals surface area contributed by atoms with Crippen molar-refractivity contribution in [3.8, 4) is 11.8 Å². The zero-order valence-electron chi connectivity index (χ0n) is 7.58. The smallest absolute Gasteiger partial charge is 0.317 e. The molecule has 0 saturated heterocycles. The molecule has 0 N–H and O–H groups in total. The maximum atomic E-state index is 12.4. The minimum atomic E-state index is -0.552. The summed E-state index contributed by atoms with van der Waals surface area (Å²) in [6.07, 6.45) is 1.33. The third-order valence-corrected chi connectivity index (χ3v) is 1.42. The molecular weight excluding hydrogens is 185 g/mol. The van der Waals surface area contributed by atoms with Gasteiger partial charge in [-0.1, -0.05) is 11.8 Å². The van der Waals surface area contributed by atoms with Crippen molar-refractivity contribution >= 4 is 5.97 Å². The molecule has 4 heteroatoms. The van der Waals surface area contributed by atoms with Crippen LogP contribution in [0.5, 0.6) is 0 Å². The lowest BCUT2D eigenvalue weighted by Gasteiger charge is -1.90. The standard InChI is InChI=1S/C10H8FNO2/c1-14-10(13)4-2-3-8-5-6-9(11)12-7-8/h5-7H,4H2,1H3. The molecule has 0 spiro atoms. The van der Waals surface area contributed by atoms with Gasteiger partial charge in [-0.3, -0.25) is 4.79 Å². The number of pyridine rings is 1. The number of hydrogen-bond acceptors (Lipinski definition) is 3. The van der Waals surface area contributed by atoms with Gasteiger partial charge in [0.25, 0.3) is 0 Å². The number of carbonyl (C=O) groups is 1. The van der Waals surface area contributed by atoms with Gasteiger partial charge in [0.1, 0.15) is 6.42 Å². The van der Waals surface area contributed by atoms with Crippen LogP contribution >= 0.6 is 0 Å². The molecule has 14 heavy (non-hydrogen) atoms. The summed E-state index contributed by atoms with van der Waals surface area (Å²) in [5, 5.41) is 0. The fourth-order valence-corrected chi connectivity index (χ4v) is 0.740. The highest BCUT2D eigenvalue weighted by molar-refractivity contribution is 5.72. The molecule has 1 rings (SSSR count). The fraction of sp³-hybridized carbons (Fsp3) is 0.200. The van der Waals surface area contributed by atoms with Crippen LogP contribution in [0.25, 0.3) is 0 Å². The zero-order chi connectivity index (χ0) is 10.4. The molecule has 0 radical (unpaired) electrons. The first-order valence-electron chi connectivity index (χ1n) is 3.89. The quantitative estimate of drug-likeness (QED) is 0.381. The Bertz CT molecular complexity index is 375. The topological polar surface area (TPSA) is 39.2 Å². The lowest BCUT2D eigenvalue weighted by molar-refractivity contribution is -0.139. The van der Waals surface area contributed by atoms with E-state index in [1.807, 2.05) is 0 Å². The number of methoxy groups -OCH3 is 1. The van der Waals surface area contributed by atoms with Gasteiger partial charge < -0.3 is 4.74 Å². The lowest BCUT2D eigenvalue weighted by atomic mass is 10.3. The van der Waals surface area contributed by atoms with Crippen molar-refractivity contribution in [2.45, 2.75) is 6.42 Å². The molecule has 1 aromatic heterocycles. The number of hydrogen-bond donors (Lipinski definition) is 0. The van der Waals surface area contributed by atoms with E-state index in [-0.39, 0.29) is 6.42 Å². The molecule has 0 aliphatic heterocycles. The average Bonchev–Trinajstić information content (AvgIpc) is 2.21. The van der Waals surface area contributed by atoms with E-state index in [4.69, 9.17) is 0 Å². The molecule has 0 amide bonds. The molecule has 0 aliphatic carbocycles. The first-order chi connectivity index (χ1) is 6.72. The van der Waals surface area contributed by atoms with E-state index in [9.17, 15) is 9.18 Å². The van der Waals surface area contributed by atoms with Crippen molar-refractivity contribution in [2.75, 3.05) is 7.11 Å². The normalized spacial score (nSPS) is 8.71. The van der Waals surface area contributed by atoms with E-state index in [0.717, 1.165) is 0 Å². The number of rotatable bonds is 1. The van der Waals surface area contributed by atoms with Crippen molar-refractivity contribution in [3.05, 3.63) is 29.8 Å². The summed E-state index contributed by atoms with van der Waals surface area (Å²) >= 11 is 0. The van der Waals surface area contributed by atoms with Gasteiger partial charge in [0.2, 0.25) is 5.95 Å². The van der Waals surface area contributed by atoms with Gasteiger partial charge in [-0.15, -0.1) is 0 Å². The lowest BCUT2D eigenvalue weighted by Crippen LogP contribution is -1.97. The third kappa shape index (κ3) is 3.23. The van der Waals surface area contributed by atoms with Gasteiger partial charge >= 0.3 is 5.97 Å². The first-order valence-corrected chi connectivity index (χ1v) is 3.89. The average molecular weight is 193 g/mol. The van der Waals surface area contributed by atoms with E-state index in [0.29, 0.717) is 5.56 Å². The molecule has 0 fully saturated rings. The van der Waals surface area contributed by atoms with E-state index < -0.39 is 11.9 Å². The van der Waals surface area contributed by atoms with Crippen molar-refractivity contribution in [3.63, 3.8) is 0 Å². The van der Waals surface area contributed by atoms with E-state index >= 15 is 0 Å². The van der Waals surface area contributed by atoms with Crippen LogP contribution in [0, 0.1) is 17.8 Å². The van der Waals surface area contributed by atoms with Gasteiger partial charge in [-0.05, 0) is 12.1 Å². The Hall–Kier alpha value is -1.89. The van der Waals surface area contributed by atoms with Gasteiger partial charge in [0, 0.05) is 11.8 Å². The minimum Gasteiger partial charge on any atom is -0.468 e. The maximum absolute atomic E-state index is 12.4. The predicted octanol–water partition coefficient (Wildman–Crippen LogP) is 1.14. The number of nitrogens with zero attached hydrogens (tertiary/aromatic N) is 1. The van der Waals surface area contributed by atoms with E-state index in [1.165, 1.54) is 25.4 Å². The van der Waals surface area contributed by atoms with Gasteiger partial charge in [0.05, 0.1) is 7.11 Å². The molecule has 0 aromatic carbocycles. The van der Waals surface area contributed by atoms with E-state index in [2.05, 4.69) is 21.6 Å². The molecule has 0 aliphatic rings. The molecular formula is C10H8FNO2. The van der Waals surface area contributed by atoms with Crippen LogP contribution in [0.3, 0.4) is 0 Å². The predicted molar refractivity (Wildman–Crippen MR) is 47.7 cm³/mol. The second-order valence-corrected chi connectivity index (χ2v) is 2.42. The summed E-state index contributed by atoms with van der Waals surface area (Å²) in [6.45, 7) is 0. The summed E-state index contributed by atoms with van der Waals surface area (Å²) in [5.41, 5.74) is 0.565. The Morgan fingerprint density at radius 3 is 3.00 bits per heavy atom. The number of halogens is 1. The molecule has 3 nitrogen and oxygen atoms in total.